The number of allylic oxidation sites excluding steroid dienone is 4. The summed E-state index contributed by atoms with van der Waals surface area (Å²) < 4.78 is 44.5. The van der Waals surface area contributed by atoms with E-state index in [1.807, 2.05) is 0 Å². The van der Waals surface area contributed by atoms with Gasteiger partial charge in [0.15, 0.2) is 0 Å². The number of alkyl halides is 3. The molecule has 0 N–H and O–H groups in total. The maximum Gasteiger partial charge on any atom is 0.412 e. The van der Waals surface area contributed by atoms with Crippen molar-refractivity contribution in [2.45, 2.75) is 75.2 Å². The molecule has 5 aliphatic rings. The van der Waals surface area contributed by atoms with E-state index in [1.54, 1.807) is 0 Å². The third-order valence-electron chi connectivity index (χ3n) is 8.29. The minimum Gasteiger partial charge on any atom is -0.166 e. The standard InChI is InChI=1S/C20H33F3Si3/c1-24(2,3)16-14-12-10-11-13-15(14)18(13,25(4,5)6)19(12,26(7,8)9)17(16)20(21,22)23/h10-15H,1-9H3. The number of rotatable bonds is 3. The molecule has 2 fully saturated rings. The van der Waals surface area contributed by atoms with Crippen molar-refractivity contribution >= 4 is 24.2 Å². The highest BCUT2D eigenvalue weighted by atomic mass is 28.3. The maximum atomic E-state index is 14.8. The molecule has 6 heteroatoms. The molecule has 0 aromatic rings. The van der Waals surface area contributed by atoms with E-state index in [9.17, 15) is 13.2 Å². The van der Waals surface area contributed by atoms with Gasteiger partial charge in [0.1, 0.15) is 0 Å². The van der Waals surface area contributed by atoms with Crippen molar-refractivity contribution < 1.29 is 13.2 Å². The highest BCUT2D eigenvalue weighted by molar-refractivity contribution is 6.89. The molecule has 0 nitrogen and oxygen atoms in total. The second-order valence-corrected chi connectivity index (χ2v) is 27.9. The van der Waals surface area contributed by atoms with Crippen LogP contribution in [0.3, 0.4) is 0 Å². The summed E-state index contributed by atoms with van der Waals surface area (Å²) in [5.74, 6) is 1.21. The highest BCUT2D eigenvalue weighted by Gasteiger charge is 2.93. The van der Waals surface area contributed by atoms with Gasteiger partial charge in [0.05, 0.1) is 24.2 Å². The van der Waals surface area contributed by atoms with Crippen molar-refractivity contribution in [3.63, 3.8) is 0 Å². The van der Waals surface area contributed by atoms with Gasteiger partial charge in [0.2, 0.25) is 0 Å². The topological polar surface area (TPSA) is 0 Å². The Hall–Kier alpha value is -0.0794. The Morgan fingerprint density at radius 3 is 1.69 bits per heavy atom. The Morgan fingerprint density at radius 1 is 0.808 bits per heavy atom. The van der Waals surface area contributed by atoms with Gasteiger partial charge in [0.25, 0.3) is 0 Å². The minimum absolute atomic E-state index is 0.00357. The van der Waals surface area contributed by atoms with Gasteiger partial charge in [-0.25, -0.2) is 0 Å². The van der Waals surface area contributed by atoms with Crippen LogP contribution in [0.25, 0.3) is 0 Å². The summed E-state index contributed by atoms with van der Waals surface area (Å²) in [4.78, 5) is 0. The molecule has 0 radical (unpaired) electrons. The van der Waals surface area contributed by atoms with Crippen molar-refractivity contribution in [1.29, 1.82) is 0 Å². The monoisotopic (exact) mass is 414 g/mol. The first-order valence-corrected chi connectivity index (χ1v) is 20.5. The van der Waals surface area contributed by atoms with Gasteiger partial charge < -0.3 is 0 Å². The summed E-state index contributed by atoms with van der Waals surface area (Å²) >= 11 is 0. The van der Waals surface area contributed by atoms with E-state index in [2.05, 4.69) is 71.1 Å². The van der Waals surface area contributed by atoms with Crippen LogP contribution in [0.5, 0.6) is 0 Å². The van der Waals surface area contributed by atoms with Gasteiger partial charge in [-0.2, -0.15) is 13.2 Å². The Kier molecular flexibility index (Phi) is 3.38. The van der Waals surface area contributed by atoms with Gasteiger partial charge in [-0.1, -0.05) is 76.3 Å². The summed E-state index contributed by atoms with van der Waals surface area (Å²) in [5, 5.41) is 0.262. The molecule has 0 saturated heterocycles. The molecule has 0 amide bonds. The first kappa shape index (κ1) is 19.2. The number of halogens is 3. The van der Waals surface area contributed by atoms with Crippen LogP contribution in [-0.2, 0) is 0 Å². The van der Waals surface area contributed by atoms with Crippen molar-refractivity contribution in [2.75, 3.05) is 0 Å². The number of hydrogen-bond donors (Lipinski definition) is 0. The lowest BCUT2D eigenvalue weighted by atomic mass is 9.79. The molecule has 26 heavy (non-hydrogen) atoms. The fourth-order valence-electron chi connectivity index (χ4n) is 8.47. The molecule has 6 atom stereocenters. The Balaban J connectivity index is 2.16. The zero-order valence-corrected chi connectivity index (χ0v) is 20.6. The lowest BCUT2D eigenvalue weighted by molar-refractivity contribution is -0.0993. The molecule has 5 aliphatic carbocycles. The fourth-order valence-corrected chi connectivity index (χ4v) is 21.2. The predicted octanol–water partition coefficient (Wildman–Crippen LogP) is 6.96. The van der Waals surface area contributed by atoms with E-state index in [-0.39, 0.29) is 22.4 Å². The van der Waals surface area contributed by atoms with Crippen molar-refractivity contribution in [3.8, 4) is 0 Å². The molecule has 0 aromatic carbocycles. The van der Waals surface area contributed by atoms with E-state index in [0.29, 0.717) is 11.8 Å². The molecule has 2 saturated carbocycles. The third kappa shape index (κ3) is 1.70. The molecule has 0 aliphatic heterocycles. The van der Waals surface area contributed by atoms with Gasteiger partial charge in [0, 0.05) is 10.6 Å². The third-order valence-corrected chi connectivity index (χ3v) is 17.6. The molecule has 6 bridgehead atoms. The Morgan fingerprint density at radius 2 is 1.31 bits per heavy atom. The largest absolute Gasteiger partial charge is 0.412 e. The van der Waals surface area contributed by atoms with Crippen LogP contribution >= 0.6 is 0 Å². The minimum atomic E-state index is -4.18. The summed E-state index contributed by atoms with van der Waals surface area (Å²) in [6, 6.07) is 0. The first-order chi connectivity index (χ1) is 11.5. The van der Waals surface area contributed by atoms with Crippen LogP contribution in [-0.4, -0.2) is 30.4 Å². The quantitative estimate of drug-likeness (QED) is 0.346. The van der Waals surface area contributed by atoms with Crippen molar-refractivity contribution in [3.05, 3.63) is 22.9 Å². The highest BCUT2D eigenvalue weighted by Crippen LogP contribution is 3.00. The molecule has 0 aromatic heterocycles. The Labute approximate surface area is 159 Å². The van der Waals surface area contributed by atoms with Gasteiger partial charge in [-0.15, -0.1) is 0 Å². The van der Waals surface area contributed by atoms with Gasteiger partial charge in [-0.05, 0) is 28.7 Å². The second kappa shape index (κ2) is 4.56. The zero-order chi connectivity index (χ0) is 19.9. The van der Waals surface area contributed by atoms with Crippen LogP contribution in [0.2, 0.25) is 69.0 Å². The van der Waals surface area contributed by atoms with E-state index < -0.39 is 35.4 Å². The average Bonchev–Trinajstić information content (AvgIpc) is 2.92. The molecule has 5 rings (SSSR count). The number of hydrogen-bond acceptors (Lipinski definition) is 0. The van der Waals surface area contributed by atoms with Crippen LogP contribution < -0.4 is 0 Å². The van der Waals surface area contributed by atoms with Gasteiger partial charge in [-0.3, -0.25) is 0 Å². The summed E-state index contributed by atoms with van der Waals surface area (Å²) in [6.45, 7) is 20.2. The van der Waals surface area contributed by atoms with Crippen LogP contribution in [0.15, 0.2) is 22.9 Å². The van der Waals surface area contributed by atoms with E-state index >= 15 is 0 Å². The van der Waals surface area contributed by atoms with Crippen LogP contribution in [0, 0.1) is 23.7 Å². The van der Waals surface area contributed by atoms with Crippen LogP contribution in [0.1, 0.15) is 0 Å². The molecular formula is C20H33F3Si3. The first-order valence-electron chi connectivity index (χ1n) is 9.97. The molecule has 146 valence electrons. The lowest BCUT2D eigenvalue weighted by Gasteiger charge is -2.57. The normalized spacial score (nSPS) is 44.2. The molecule has 0 spiro atoms. The maximum absolute atomic E-state index is 14.8. The molecular weight excluding hydrogens is 381 g/mol. The predicted molar refractivity (Wildman–Crippen MR) is 112 cm³/mol. The Bertz CT molecular complexity index is 744. The second-order valence-electron chi connectivity index (χ2n) is 12.2. The zero-order valence-electron chi connectivity index (χ0n) is 17.6. The smallest absolute Gasteiger partial charge is 0.166 e. The van der Waals surface area contributed by atoms with E-state index in [0.717, 1.165) is 5.20 Å². The van der Waals surface area contributed by atoms with E-state index in [1.165, 1.54) is 0 Å². The van der Waals surface area contributed by atoms with Crippen molar-refractivity contribution in [1.82, 2.24) is 0 Å². The lowest BCUT2D eigenvalue weighted by Crippen LogP contribution is -2.56. The fraction of sp³-hybridized carbons (Fsp3) is 0.800. The van der Waals surface area contributed by atoms with Crippen LogP contribution in [0.4, 0.5) is 13.2 Å². The summed E-state index contributed by atoms with van der Waals surface area (Å²) in [7, 11) is -6.02. The SMILES string of the molecule is C[Si](C)(C)C1=C(C(F)(F)F)C2([Si](C)(C)C)C3C=CC4C(C13)C42[Si](C)(C)C. The van der Waals surface area contributed by atoms with Gasteiger partial charge >= 0.3 is 6.18 Å². The average molecular weight is 415 g/mol. The van der Waals surface area contributed by atoms with Crippen molar-refractivity contribution in [2.24, 2.45) is 23.7 Å². The van der Waals surface area contributed by atoms with E-state index in [4.69, 9.17) is 0 Å². The summed E-state index contributed by atoms with van der Waals surface area (Å²) in [5.41, 5.74) is 0.00357. The summed E-state index contributed by atoms with van der Waals surface area (Å²) in [6.07, 6.45) is 0.400. The molecule has 6 unspecified atom stereocenters. The molecule has 0 heterocycles.